The molecule has 2 saturated heterocycles. The maximum atomic E-state index is 13.7. The summed E-state index contributed by atoms with van der Waals surface area (Å²) < 4.78 is 0. The molecule has 2 aliphatic carbocycles. The monoisotopic (exact) mass is 550 g/mol. The Morgan fingerprint density at radius 1 is 1.07 bits per heavy atom. The Morgan fingerprint density at radius 2 is 1.80 bits per heavy atom. The molecule has 212 valence electrons. The number of aliphatic hydroxyl groups is 2. The number of imide groups is 1. The lowest BCUT2D eigenvalue weighted by Gasteiger charge is -2.49. The molecule has 1 aromatic carbocycles. The van der Waals surface area contributed by atoms with Gasteiger partial charge in [0.2, 0.25) is 17.6 Å². The number of hydrogen-bond acceptors (Lipinski definition) is 11. The van der Waals surface area contributed by atoms with Gasteiger partial charge in [0.15, 0.2) is 17.6 Å². The summed E-state index contributed by atoms with van der Waals surface area (Å²) in [5.74, 6) is -3.75. The van der Waals surface area contributed by atoms with Crippen LogP contribution in [0.5, 0.6) is 0 Å². The molecule has 0 bridgehead atoms. The highest BCUT2D eigenvalue weighted by atomic mass is 16.5. The Labute approximate surface area is 230 Å². The van der Waals surface area contributed by atoms with Gasteiger partial charge in [0.25, 0.3) is 5.91 Å². The number of nitrogens with one attached hydrogen (secondary N) is 2. The molecule has 0 radical (unpaired) electrons. The summed E-state index contributed by atoms with van der Waals surface area (Å²) in [6.45, 7) is -0.199. The van der Waals surface area contributed by atoms with Crippen LogP contribution in [0, 0.1) is 0 Å². The molecule has 0 aromatic heterocycles. The van der Waals surface area contributed by atoms with Crippen molar-refractivity contribution in [2.45, 2.75) is 86.4 Å². The Bertz CT molecular complexity index is 1370. The van der Waals surface area contributed by atoms with Gasteiger partial charge in [0.05, 0.1) is 12.6 Å². The minimum Gasteiger partial charge on any atom is -0.370 e. The van der Waals surface area contributed by atoms with Crippen molar-refractivity contribution < 1.29 is 24.6 Å². The van der Waals surface area contributed by atoms with Crippen LogP contribution in [0.3, 0.4) is 0 Å². The fourth-order valence-corrected chi connectivity index (χ4v) is 7.91. The van der Waals surface area contributed by atoms with Gasteiger partial charge in [0, 0.05) is 24.9 Å². The number of nitrogens with two attached hydrogens (primary N) is 2. The van der Waals surface area contributed by atoms with Crippen LogP contribution < -0.4 is 22.1 Å². The lowest BCUT2D eigenvalue weighted by atomic mass is 9.58. The third-order valence-electron chi connectivity index (χ3n) is 10.0. The lowest BCUT2D eigenvalue weighted by molar-refractivity contribution is -0.230. The highest BCUT2D eigenvalue weighted by Gasteiger charge is 2.73. The SMILES string of the molecule is NC1=N[C@H]2[C@H](CN3C(=O)CCC3=O)N=C(N)N3CC(NC(=O)c4cccc5c4CCCC54CCC4)C(O)(O)[C@]23N1. The molecule has 1 aromatic rings. The third-order valence-corrected chi connectivity index (χ3v) is 10.0. The number of fused-ring (bicyclic) bond motifs is 2. The van der Waals surface area contributed by atoms with Gasteiger partial charge in [-0.2, -0.15) is 0 Å². The standard InChI is InChI=1S/C27H34N8O5/c28-23-32-21-17(12-34-19(36)7-8-20(34)37)30-24(29)35-13-18(27(39,40)26(21,35)33-23)31-22(38)15-4-1-6-16-14(15)5-2-9-25(16)10-3-11-25/h1,4,6,17-18,21,39-40H,2-3,5,7-13H2,(H2,29,30)(H,31,38)(H3,28,32,33)/t17-,18?,21-,26-/m0/s1. The molecule has 8 N–H and O–H groups in total. The second kappa shape index (κ2) is 8.40. The van der Waals surface area contributed by atoms with Crippen molar-refractivity contribution in [3.63, 3.8) is 0 Å². The van der Waals surface area contributed by atoms with Crippen molar-refractivity contribution in [1.29, 1.82) is 0 Å². The fourth-order valence-electron chi connectivity index (χ4n) is 7.91. The van der Waals surface area contributed by atoms with Crippen LogP contribution in [0.15, 0.2) is 28.2 Å². The van der Waals surface area contributed by atoms with E-state index in [0.717, 1.165) is 42.6 Å². The van der Waals surface area contributed by atoms with E-state index >= 15 is 0 Å². The van der Waals surface area contributed by atoms with E-state index in [9.17, 15) is 24.6 Å². The van der Waals surface area contributed by atoms with E-state index in [-0.39, 0.29) is 55.1 Å². The minimum atomic E-state index is -2.60. The number of guanidine groups is 2. The van der Waals surface area contributed by atoms with Crippen LogP contribution in [0.4, 0.5) is 0 Å². The maximum Gasteiger partial charge on any atom is 0.252 e. The van der Waals surface area contributed by atoms with Crippen molar-refractivity contribution in [1.82, 2.24) is 20.4 Å². The fraction of sp³-hybridized carbons (Fsp3) is 0.593. The molecule has 4 atom stereocenters. The molecular weight excluding hydrogens is 516 g/mol. The number of carbonyl (C=O) groups excluding carboxylic acids is 3. The average Bonchev–Trinajstić information content (AvgIpc) is 3.49. The van der Waals surface area contributed by atoms with Crippen LogP contribution >= 0.6 is 0 Å². The van der Waals surface area contributed by atoms with Gasteiger partial charge >= 0.3 is 0 Å². The smallest absolute Gasteiger partial charge is 0.252 e. The van der Waals surface area contributed by atoms with Crippen LogP contribution in [0.2, 0.25) is 0 Å². The highest BCUT2D eigenvalue weighted by molar-refractivity contribution is 6.02. The molecule has 4 heterocycles. The van der Waals surface area contributed by atoms with E-state index in [4.69, 9.17) is 11.5 Å². The zero-order chi connectivity index (χ0) is 28.0. The number of rotatable bonds is 4. The van der Waals surface area contributed by atoms with E-state index in [1.165, 1.54) is 16.9 Å². The van der Waals surface area contributed by atoms with E-state index < -0.39 is 35.5 Å². The molecule has 2 spiro atoms. The number of nitrogens with zero attached hydrogens (tertiary/aromatic N) is 4. The zero-order valence-corrected chi connectivity index (χ0v) is 22.1. The molecule has 1 unspecified atom stereocenters. The average molecular weight is 551 g/mol. The molecule has 7 rings (SSSR count). The molecule has 40 heavy (non-hydrogen) atoms. The zero-order valence-electron chi connectivity index (χ0n) is 22.1. The summed E-state index contributed by atoms with van der Waals surface area (Å²) in [4.78, 5) is 49.8. The Kier molecular flexibility index (Phi) is 5.31. The molecular formula is C27H34N8O5. The minimum absolute atomic E-state index is 0.0361. The largest absolute Gasteiger partial charge is 0.370 e. The Balaban J connectivity index is 1.19. The molecule has 3 fully saturated rings. The second-order valence-electron chi connectivity index (χ2n) is 12.0. The second-order valence-corrected chi connectivity index (χ2v) is 12.0. The first-order chi connectivity index (χ1) is 19.1. The van der Waals surface area contributed by atoms with E-state index in [2.05, 4.69) is 26.7 Å². The molecule has 13 heteroatoms. The Morgan fingerprint density at radius 3 is 2.50 bits per heavy atom. The predicted molar refractivity (Wildman–Crippen MR) is 143 cm³/mol. The van der Waals surface area contributed by atoms with Crippen LogP contribution in [-0.2, 0) is 21.4 Å². The molecule has 6 aliphatic rings. The number of amides is 3. The highest BCUT2D eigenvalue weighted by Crippen LogP contribution is 2.52. The van der Waals surface area contributed by atoms with Gasteiger partial charge in [-0.3, -0.25) is 19.3 Å². The molecule has 1 saturated carbocycles. The van der Waals surface area contributed by atoms with Crippen molar-refractivity contribution >= 4 is 29.6 Å². The number of carbonyl (C=O) groups is 3. The van der Waals surface area contributed by atoms with Gasteiger partial charge < -0.3 is 37.2 Å². The number of benzene rings is 1. The van der Waals surface area contributed by atoms with Crippen molar-refractivity contribution in [3.05, 3.63) is 34.9 Å². The summed E-state index contributed by atoms with van der Waals surface area (Å²) in [5.41, 5.74) is 13.6. The van der Waals surface area contributed by atoms with Gasteiger partial charge in [-0.25, -0.2) is 9.98 Å². The van der Waals surface area contributed by atoms with Crippen molar-refractivity contribution in [2.24, 2.45) is 21.5 Å². The van der Waals surface area contributed by atoms with E-state index in [0.29, 0.717) is 5.56 Å². The summed E-state index contributed by atoms with van der Waals surface area (Å²) in [6, 6.07) is 2.76. The number of hydrogen-bond donors (Lipinski definition) is 6. The maximum absolute atomic E-state index is 13.7. The quantitative estimate of drug-likeness (QED) is 0.188. The van der Waals surface area contributed by atoms with Crippen molar-refractivity contribution in [2.75, 3.05) is 13.1 Å². The van der Waals surface area contributed by atoms with Crippen LogP contribution in [-0.4, -0.2) is 92.3 Å². The van der Waals surface area contributed by atoms with Gasteiger partial charge in [-0.1, -0.05) is 18.6 Å². The molecule has 4 aliphatic heterocycles. The number of likely N-dealkylation sites (tertiary alicyclic amines) is 1. The third kappa shape index (κ3) is 3.24. The Hall–Kier alpha value is -3.71. The molecule has 3 amide bonds. The topological polar surface area (TPSA) is 199 Å². The summed E-state index contributed by atoms with van der Waals surface area (Å²) >= 11 is 0. The van der Waals surface area contributed by atoms with Gasteiger partial charge in [0.1, 0.15) is 12.1 Å². The summed E-state index contributed by atoms with van der Waals surface area (Å²) in [6.07, 6.45) is 6.61. The lowest BCUT2D eigenvalue weighted by Crippen LogP contribution is -2.78. The van der Waals surface area contributed by atoms with E-state index in [1.807, 2.05) is 6.07 Å². The first kappa shape index (κ1) is 25.3. The van der Waals surface area contributed by atoms with Crippen molar-refractivity contribution in [3.8, 4) is 0 Å². The number of aliphatic imine (C=N–C) groups is 2. The predicted octanol–water partition coefficient (Wildman–Crippen LogP) is -1.63. The van der Waals surface area contributed by atoms with Gasteiger partial charge in [-0.05, 0) is 54.7 Å². The summed E-state index contributed by atoms with van der Waals surface area (Å²) in [7, 11) is 0. The van der Waals surface area contributed by atoms with Crippen LogP contribution in [0.25, 0.3) is 0 Å². The normalized spacial score (nSPS) is 33.0. The first-order valence-electron chi connectivity index (χ1n) is 14.0. The first-order valence-corrected chi connectivity index (χ1v) is 14.0. The molecule has 13 nitrogen and oxygen atoms in total. The van der Waals surface area contributed by atoms with Gasteiger partial charge in [-0.15, -0.1) is 0 Å². The van der Waals surface area contributed by atoms with E-state index in [1.54, 1.807) is 6.07 Å². The summed E-state index contributed by atoms with van der Waals surface area (Å²) in [5, 5.41) is 29.2. The van der Waals surface area contributed by atoms with Crippen LogP contribution in [0.1, 0.15) is 66.4 Å².